The third-order valence-corrected chi connectivity index (χ3v) is 4.92. The second kappa shape index (κ2) is 12.4. The zero-order valence-electron chi connectivity index (χ0n) is 18.2. The molecule has 0 saturated carbocycles. The number of aliphatic imine (C=N–C) groups is 1. The maximum absolute atomic E-state index is 12.5. The van der Waals surface area contributed by atoms with Crippen molar-refractivity contribution in [1.29, 1.82) is 0 Å². The predicted octanol–water partition coefficient (Wildman–Crippen LogP) is 1.61. The number of nitrogens with one attached hydrogen (secondary N) is 2. The van der Waals surface area contributed by atoms with Crippen LogP contribution in [0.25, 0.3) is 0 Å². The van der Waals surface area contributed by atoms with Crippen LogP contribution >= 0.6 is 24.0 Å². The molecule has 3 heterocycles. The predicted molar refractivity (Wildman–Crippen MR) is 130 cm³/mol. The van der Waals surface area contributed by atoms with Crippen LogP contribution in [0.2, 0.25) is 0 Å². The number of carbonyl (C=O) groups excluding carboxylic acids is 1. The molecule has 1 aliphatic heterocycles. The highest BCUT2D eigenvalue weighted by atomic mass is 127. The van der Waals surface area contributed by atoms with Crippen molar-refractivity contribution in [2.45, 2.75) is 32.7 Å². The molecule has 10 nitrogen and oxygen atoms in total. The molecule has 0 aromatic carbocycles. The van der Waals surface area contributed by atoms with Gasteiger partial charge in [-0.2, -0.15) is 0 Å². The topological polar surface area (TPSA) is 112 Å². The lowest BCUT2D eigenvalue weighted by atomic mass is 10.1. The summed E-state index contributed by atoms with van der Waals surface area (Å²) in [6.45, 7) is 7.96. The summed E-state index contributed by atoms with van der Waals surface area (Å²) in [5, 5.41) is 10.4. The van der Waals surface area contributed by atoms with E-state index in [1.165, 1.54) is 0 Å². The summed E-state index contributed by atoms with van der Waals surface area (Å²) in [6, 6.07) is 3.74. The highest BCUT2D eigenvalue weighted by Gasteiger charge is 2.22. The molecule has 2 aromatic rings. The third-order valence-electron chi connectivity index (χ3n) is 4.92. The number of rotatable bonds is 7. The summed E-state index contributed by atoms with van der Waals surface area (Å²) in [5.41, 5.74) is 0.930. The molecule has 2 aromatic heterocycles. The molecule has 0 bridgehead atoms. The van der Waals surface area contributed by atoms with Crippen molar-refractivity contribution in [3.8, 4) is 0 Å². The van der Waals surface area contributed by atoms with Crippen LogP contribution in [0.15, 0.2) is 34.0 Å². The van der Waals surface area contributed by atoms with Crippen molar-refractivity contribution < 1.29 is 9.32 Å². The largest absolute Gasteiger partial charge is 0.359 e. The lowest BCUT2D eigenvalue weighted by Gasteiger charge is -2.34. The Kier molecular flexibility index (Phi) is 9.95. The number of hydrogen-bond donors (Lipinski definition) is 2. The average molecular weight is 542 g/mol. The fourth-order valence-electron chi connectivity index (χ4n) is 3.13. The van der Waals surface area contributed by atoms with E-state index in [-0.39, 0.29) is 29.9 Å². The number of anilines is 1. The molecule has 2 N–H and O–H groups in total. The first-order chi connectivity index (χ1) is 14.6. The van der Waals surface area contributed by atoms with Crippen LogP contribution in [-0.4, -0.2) is 71.7 Å². The first-order valence-corrected chi connectivity index (χ1v) is 10.3. The van der Waals surface area contributed by atoms with Crippen molar-refractivity contribution in [1.82, 2.24) is 30.7 Å². The average Bonchev–Trinajstić information content (AvgIpc) is 3.26. The molecule has 0 aliphatic carbocycles. The van der Waals surface area contributed by atoms with E-state index in [0.29, 0.717) is 50.4 Å². The van der Waals surface area contributed by atoms with Crippen LogP contribution in [-0.2, 0) is 11.3 Å². The van der Waals surface area contributed by atoms with Gasteiger partial charge >= 0.3 is 0 Å². The smallest absolute Gasteiger partial charge is 0.225 e. The molecule has 11 heteroatoms. The Morgan fingerprint density at radius 3 is 2.52 bits per heavy atom. The Hall–Kier alpha value is -2.44. The van der Waals surface area contributed by atoms with E-state index in [2.05, 4.69) is 49.5 Å². The van der Waals surface area contributed by atoms with Gasteiger partial charge in [0.15, 0.2) is 11.7 Å². The summed E-state index contributed by atoms with van der Waals surface area (Å²) >= 11 is 0. The summed E-state index contributed by atoms with van der Waals surface area (Å²) in [4.78, 5) is 29.2. The molecule has 1 amide bonds. The lowest BCUT2D eigenvalue weighted by molar-refractivity contribution is -0.131. The van der Waals surface area contributed by atoms with Gasteiger partial charge in [0, 0.05) is 64.7 Å². The molecule has 0 spiro atoms. The molecule has 0 atom stereocenters. The normalized spacial score (nSPS) is 14.4. The molecule has 1 aliphatic rings. The Morgan fingerprint density at radius 2 is 1.90 bits per heavy atom. The highest BCUT2D eigenvalue weighted by Crippen LogP contribution is 2.13. The Balaban J connectivity index is 0.00000341. The quantitative estimate of drug-likeness (QED) is 0.309. The molecule has 0 unspecified atom stereocenters. The minimum Gasteiger partial charge on any atom is -0.359 e. The van der Waals surface area contributed by atoms with Gasteiger partial charge in [-0.1, -0.05) is 19.0 Å². The standard InChI is InChI=1S/C20H30N8O2.HI/c1-15(2)17-13-16(30-26-17)14-25-19(21-3)22-8-5-18(29)27-9-11-28(12-10-27)20-23-6-4-7-24-20;/h4,6-7,13,15H,5,8-12,14H2,1-3H3,(H2,21,22,25);1H. The van der Waals surface area contributed by atoms with E-state index in [1.54, 1.807) is 25.5 Å². The van der Waals surface area contributed by atoms with Crippen LogP contribution in [0.3, 0.4) is 0 Å². The minimum absolute atomic E-state index is 0. The molecule has 3 rings (SSSR count). The summed E-state index contributed by atoms with van der Waals surface area (Å²) < 4.78 is 5.31. The maximum Gasteiger partial charge on any atom is 0.225 e. The van der Waals surface area contributed by atoms with Gasteiger partial charge in [-0.3, -0.25) is 9.79 Å². The van der Waals surface area contributed by atoms with Crippen molar-refractivity contribution in [2.24, 2.45) is 4.99 Å². The number of carbonyl (C=O) groups is 1. The second-order valence-corrected chi connectivity index (χ2v) is 7.39. The monoisotopic (exact) mass is 542 g/mol. The molecular weight excluding hydrogens is 511 g/mol. The fraction of sp³-hybridized carbons (Fsp3) is 0.550. The van der Waals surface area contributed by atoms with E-state index >= 15 is 0 Å². The molecule has 1 fully saturated rings. The van der Waals surface area contributed by atoms with Crippen LogP contribution in [0.5, 0.6) is 0 Å². The lowest BCUT2D eigenvalue weighted by Crippen LogP contribution is -2.50. The summed E-state index contributed by atoms with van der Waals surface area (Å²) in [6.07, 6.45) is 3.87. The number of piperazine rings is 1. The summed E-state index contributed by atoms with van der Waals surface area (Å²) in [7, 11) is 1.70. The van der Waals surface area contributed by atoms with Gasteiger partial charge in [-0.25, -0.2) is 9.97 Å². The molecular formula is C20H31IN8O2. The first-order valence-electron chi connectivity index (χ1n) is 10.3. The zero-order chi connectivity index (χ0) is 21.3. The van der Waals surface area contributed by atoms with Gasteiger partial charge in [0.2, 0.25) is 11.9 Å². The van der Waals surface area contributed by atoms with E-state index in [9.17, 15) is 4.79 Å². The number of nitrogens with zero attached hydrogens (tertiary/aromatic N) is 6. The van der Waals surface area contributed by atoms with Crippen molar-refractivity contribution >= 4 is 41.8 Å². The fourth-order valence-corrected chi connectivity index (χ4v) is 3.13. The number of guanidine groups is 1. The van der Waals surface area contributed by atoms with Gasteiger partial charge in [0.25, 0.3) is 0 Å². The minimum atomic E-state index is 0. The van der Waals surface area contributed by atoms with E-state index in [4.69, 9.17) is 4.52 Å². The molecule has 170 valence electrons. The molecule has 0 radical (unpaired) electrons. The first kappa shape index (κ1) is 24.8. The van der Waals surface area contributed by atoms with Crippen LogP contribution < -0.4 is 15.5 Å². The van der Waals surface area contributed by atoms with E-state index in [0.717, 1.165) is 24.5 Å². The van der Waals surface area contributed by atoms with Gasteiger partial charge in [0.05, 0.1) is 12.2 Å². The van der Waals surface area contributed by atoms with E-state index < -0.39 is 0 Å². The van der Waals surface area contributed by atoms with Crippen molar-refractivity contribution in [2.75, 3.05) is 44.7 Å². The molecule has 31 heavy (non-hydrogen) atoms. The van der Waals surface area contributed by atoms with Crippen molar-refractivity contribution in [3.05, 3.63) is 36.0 Å². The van der Waals surface area contributed by atoms with Gasteiger partial charge in [-0.05, 0) is 12.0 Å². The van der Waals surface area contributed by atoms with Gasteiger partial charge in [0.1, 0.15) is 0 Å². The van der Waals surface area contributed by atoms with E-state index in [1.807, 2.05) is 11.0 Å². The second-order valence-electron chi connectivity index (χ2n) is 7.39. The summed E-state index contributed by atoms with van der Waals surface area (Å²) in [5.74, 6) is 2.54. The zero-order valence-corrected chi connectivity index (χ0v) is 20.6. The maximum atomic E-state index is 12.5. The Morgan fingerprint density at radius 1 is 1.19 bits per heavy atom. The number of halogens is 1. The Labute approximate surface area is 199 Å². The van der Waals surface area contributed by atoms with Crippen LogP contribution in [0, 0.1) is 0 Å². The SMILES string of the molecule is CN=C(NCCC(=O)N1CCN(c2ncccn2)CC1)NCc1cc(C(C)C)no1.I. The highest BCUT2D eigenvalue weighted by molar-refractivity contribution is 14.0. The Bertz CT molecular complexity index is 835. The number of aromatic nitrogens is 3. The van der Waals surface area contributed by atoms with Crippen LogP contribution in [0.4, 0.5) is 5.95 Å². The van der Waals surface area contributed by atoms with Crippen LogP contribution in [0.1, 0.15) is 37.6 Å². The third kappa shape index (κ3) is 7.33. The number of amides is 1. The number of hydrogen-bond acceptors (Lipinski definition) is 7. The van der Waals surface area contributed by atoms with Gasteiger partial charge in [-0.15, -0.1) is 24.0 Å². The molecule has 1 saturated heterocycles. The van der Waals surface area contributed by atoms with Crippen molar-refractivity contribution in [3.63, 3.8) is 0 Å². The van der Waals surface area contributed by atoms with Gasteiger partial charge < -0.3 is 25.0 Å².